The highest BCUT2D eigenvalue weighted by molar-refractivity contribution is 7.91. The van der Waals surface area contributed by atoms with Gasteiger partial charge in [0.1, 0.15) is 0 Å². The fourth-order valence-corrected chi connectivity index (χ4v) is 4.30. The van der Waals surface area contributed by atoms with Gasteiger partial charge in [0, 0.05) is 31.1 Å². The highest BCUT2D eigenvalue weighted by Crippen LogP contribution is 2.21. The Balaban J connectivity index is 1.87. The molecule has 7 heteroatoms. The second-order valence-corrected chi connectivity index (χ2v) is 7.89. The number of nitrogens with zero attached hydrogens (tertiary/aromatic N) is 1. The molecule has 1 saturated carbocycles. The first-order valence-electron chi connectivity index (χ1n) is 6.83. The number of carbonyl (C=O) groups excluding carboxylic acids is 1. The van der Waals surface area contributed by atoms with Gasteiger partial charge in [-0.25, -0.2) is 8.42 Å². The van der Waals surface area contributed by atoms with Gasteiger partial charge >= 0.3 is 0 Å². The van der Waals surface area contributed by atoms with E-state index in [0.29, 0.717) is 25.4 Å². The third-order valence-electron chi connectivity index (χ3n) is 4.00. The maximum Gasteiger partial charge on any atom is 0.221 e. The molecule has 0 bridgehead atoms. The molecule has 2 atom stereocenters. The van der Waals surface area contributed by atoms with Crippen molar-refractivity contribution in [3.8, 4) is 0 Å². The molecule has 1 aliphatic carbocycles. The lowest BCUT2D eigenvalue weighted by Crippen LogP contribution is -2.47. The molecule has 0 spiro atoms. The number of likely N-dealkylation sites (N-methyl/N-ethyl adjacent to an activating group) is 1. The normalized spacial score (nSPS) is 27.4. The molecule has 2 fully saturated rings. The number of nitrogens with two attached hydrogens (primary N) is 1. The van der Waals surface area contributed by atoms with Crippen LogP contribution >= 0.6 is 0 Å². The van der Waals surface area contributed by atoms with Crippen LogP contribution in [-0.2, 0) is 14.6 Å². The molecule has 2 unspecified atom stereocenters. The van der Waals surface area contributed by atoms with Crippen LogP contribution in [0, 0.1) is 0 Å². The Labute approximate surface area is 114 Å². The van der Waals surface area contributed by atoms with Crippen molar-refractivity contribution >= 4 is 15.7 Å². The standard InChI is InChI=1S/C12H23N3O3S/c1-15(10-4-5-19(17,18)8-10)11(7-13)6-12(16)14-9-2-3-9/h9-11H,2-8,13H2,1H3,(H,14,16). The van der Waals surface area contributed by atoms with Crippen LogP contribution in [0.3, 0.4) is 0 Å². The van der Waals surface area contributed by atoms with E-state index in [9.17, 15) is 13.2 Å². The van der Waals surface area contributed by atoms with Crippen LogP contribution in [0.5, 0.6) is 0 Å². The molecule has 1 aliphatic heterocycles. The number of rotatable bonds is 6. The summed E-state index contributed by atoms with van der Waals surface area (Å²) in [5.74, 6) is 0.448. The van der Waals surface area contributed by atoms with E-state index < -0.39 is 9.84 Å². The number of hydrogen-bond donors (Lipinski definition) is 2. The summed E-state index contributed by atoms with van der Waals surface area (Å²) in [6.07, 6.45) is 3.12. The van der Waals surface area contributed by atoms with Gasteiger partial charge in [0.05, 0.1) is 11.5 Å². The largest absolute Gasteiger partial charge is 0.353 e. The van der Waals surface area contributed by atoms with E-state index in [1.54, 1.807) is 0 Å². The van der Waals surface area contributed by atoms with Crippen molar-refractivity contribution < 1.29 is 13.2 Å². The van der Waals surface area contributed by atoms with Crippen molar-refractivity contribution in [1.82, 2.24) is 10.2 Å². The second kappa shape index (κ2) is 5.76. The van der Waals surface area contributed by atoms with E-state index in [1.807, 2.05) is 11.9 Å². The molecule has 1 heterocycles. The van der Waals surface area contributed by atoms with Crippen LogP contribution in [-0.4, -0.2) is 62.4 Å². The molecule has 0 radical (unpaired) electrons. The van der Waals surface area contributed by atoms with Gasteiger partial charge in [0.2, 0.25) is 5.91 Å². The summed E-state index contributed by atoms with van der Waals surface area (Å²) in [6, 6.07) is 0.257. The molecular formula is C12H23N3O3S. The Morgan fingerprint density at radius 1 is 1.42 bits per heavy atom. The Hall–Kier alpha value is -0.660. The molecule has 2 rings (SSSR count). The summed E-state index contributed by atoms with van der Waals surface area (Å²) < 4.78 is 23.0. The highest BCUT2D eigenvalue weighted by atomic mass is 32.2. The summed E-state index contributed by atoms with van der Waals surface area (Å²) in [7, 11) is -1.03. The summed E-state index contributed by atoms with van der Waals surface area (Å²) in [5, 5.41) is 2.94. The Morgan fingerprint density at radius 3 is 2.58 bits per heavy atom. The number of sulfone groups is 1. The van der Waals surface area contributed by atoms with E-state index in [1.165, 1.54) is 0 Å². The zero-order valence-corrected chi connectivity index (χ0v) is 12.2. The zero-order chi connectivity index (χ0) is 14.0. The molecule has 110 valence electrons. The van der Waals surface area contributed by atoms with E-state index in [4.69, 9.17) is 5.73 Å². The van der Waals surface area contributed by atoms with E-state index in [-0.39, 0.29) is 29.5 Å². The van der Waals surface area contributed by atoms with Crippen molar-refractivity contribution in [3.63, 3.8) is 0 Å². The average Bonchev–Trinajstić information content (AvgIpc) is 3.07. The van der Waals surface area contributed by atoms with Gasteiger partial charge in [-0.1, -0.05) is 0 Å². The van der Waals surface area contributed by atoms with Gasteiger partial charge < -0.3 is 11.1 Å². The molecule has 3 N–H and O–H groups in total. The van der Waals surface area contributed by atoms with Gasteiger partial charge in [-0.05, 0) is 26.3 Å². The minimum absolute atomic E-state index is 0.00715. The van der Waals surface area contributed by atoms with Crippen LogP contribution in [0.15, 0.2) is 0 Å². The lowest BCUT2D eigenvalue weighted by molar-refractivity contribution is -0.122. The van der Waals surface area contributed by atoms with Crippen molar-refractivity contribution in [2.45, 2.75) is 43.8 Å². The highest BCUT2D eigenvalue weighted by Gasteiger charge is 2.34. The summed E-state index contributed by atoms with van der Waals surface area (Å²) in [6.45, 7) is 0.366. The van der Waals surface area contributed by atoms with Gasteiger partial charge in [-0.2, -0.15) is 0 Å². The van der Waals surface area contributed by atoms with Gasteiger partial charge in [0.15, 0.2) is 9.84 Å². The van der Waals surface area contributed by atoms with Crippen LogP contribution in [0.1, 0.15) is 25.7 Å². The first-order valence-corrected chi connectivity index (χ1v) is 8.65. The average molecular weight is 289 g/mol. The van der Waals surface area contributed by atoms with E-state index in [0.717, 1.165) is 12.8 Å². The van der Waals surface area contributed by atoms with Crippen LogP contribution in [0.2, 0.25) is 0 Å². The molecule has 0 aromatic carbocycles. The molecule has 2 aliphatic rings. The quantitative estimate of drug-likeness (QED) is 0.661. The van der Waals surface area contributed by atoms with Crippen LogP contribution < -0.4 is 11.1 Å². The maximum atomic E-state index is 11.8. The second-order valence-electron chi connectivity index (χ2n) is 5.66. The SMILES string of the molecule is CN(C(CN)CC(=O)NC1CC1)C1CCS(=O)(=O)C1. The molecule has 1 saturated heterocycles. The monoisotopic (exact) mass is 289 g/mol. The Kier molecular flexibility index (Phi) is 4.47. The Morgan fingerprint density at radius 2 is 2.11 bits per heavy atom. The third-order valence-corrected chi connectivity index (χ3v) is 5.75. The number of amides is 1. The van der Waals surface area contributed by atoms with Crippen molar-refractivity contribution in [1.29, 1.82) is 0 Å². The minimum Gasteiger partial charge on any atom is -0.353 e. The fraction of sp³-hybridized carbons (Fsp3) is 0.917. The van der Waals surface area contributed by atoms with Crippen molar-refractivity contribution in [2.24, 2.45) is 5.73 Å². The van der Waals surface area contributed by atoms with Gasteiger partial charge in [-0.3, -0.25) is 9.69 Å². The van der Waals surface area contributed by atoms with Crippen LogP contribution in [0.4, 0.5) is 0 Å². The molecule has 1 amide bonds. The van der Waals surface area contributed by atoms with Gasteiger partial charge in [-0.15, -0.1) is 0 Å². The van der Waals surface area contributed by atoms with Crippen LogP contribution in [0.25, 0.3) is 0 Å². The molecule has 6 nitrogen and oxygen atoms in total. The molecular weight excluding hydrogens is 266 g/mol. The number of nitrogens with one attached hydrogen (secondary N) is 1. The summed E-state index contributed by atoms with van der Waals surface area (Å²) in [5.41, 5.74) is 5.73. The summed E-state index contributed by atoms with van der Waals surface area (Å²) >= 11 is 0. The molecule has 19 heavy (non-hydrogen) atoms. The third kappa shape index (κ3) is 4.15. The van der Waals surface area contributed by atoms with Crippen molar-refractivity contribution in [3.05, 3.63) is 0 Å². The lowest BCUT2D eigenvalue weighted by atomic mass is 10.1. The van der Waals surface area contributed by atoms with E-state index >= 15 is 0 Å². The lowest BCUT2D eigenvalue weighted by Gasteiger charge is -2.31. The number of hydrogen-bond acceptors (Lipinski definition) is 5. The number of carbonyl (C=O) groups is 1. The molecule has 0 aromatic heterocycles. The van der Waals surface area contributed by atoms with Gasteiger partial charge in [0.25, 0.3) is 0 Å². The minimum atomic E-state index is -2.90. The first kappa shape index (κ1) is 14.7. The van der Waals surface area contributed by atoms with Crippen molar-refractivity contribution in [2.75, 3.05) is 25.1 Å². The smallest absolute Gasteiger partial charge is 0.221 e. The predicted molar refractivity (Wildman–Crippen MR) is 73.4 cm³/mol. The zero-order valence-electron chi connectivity index (χ0n) is 11.3. The fourth-order valence-electron chi connectivity index (χ4n) is 2.52. The maximum absolute atomic E-state index is 11.8. The first-order chi connectivity index (χ1) is 8.91. The topological polar surface area (TPSA) is 92.5 Å². The molecule has 0 aromatic rings. The Bertz CT molecular complexity index is 434. The predicted octanol–water partition coefficient (Wildman–Crippen LogP) is -0.899. The van der Waals surface area contributed by atoms with E-state index in [2.05, 4.69) is 5.32 Å². The summed E-state index contributed by atoms with van der Waals surface area (Å²) in [4.78, 5) is 13.8.